The molecular weight excluding hydrogens is 292 g/mol. The fourth-order valence-electron chi connectivity index (χ4n) is 2.87. The highest BCUT2D eigenvalue weighted by atomic mass is 32.2. The Balaban J connectivity index is 2.85. The number of rotatable bonds is 7. The minimum Gasteiger partial charge on any atom is -0.396 e. The van der Waals surface area contributed by atoms with Gasteiger partial charge in [0.15, 0.2) is 0 Å². The molecule has 1 heterocycles. The second kappa shape index (κ2) is 8.10. The molecule has 0 spiro atoms. The van der Waals surface area contributed by atoms with Gasteiger partial charge in [-0.1, -0.05) is 13.8 Å². The molecule has 0 saturated carbocycles. The van der Waals surface area contributed by atoms with E-state index in [2.05, 4.69) is 4.72 Å². The summed E-state index contributed by atoms with van der Waals surface area (Å²) in [6.45, 7) is 4.61. The predicted octanol–water partition coefficient (Wildman–Crippen LogP) is 0.714. The van der Waals surface area contributed by atoms with Crippen LogP contribution in [0.5, 0.6) is 0 Å². The topological polar surface area (TPSA) is 86.7 Å². The fraction of sp³-hybridized carbons (Fsp3) is 0.929. The van der Waals surface area contributed by atoms with Gasteiger partial charge >= 0.3 is 0 Å². The zero-order valence-corrected chi connectivity index (χ0v) is 14.0. The van der Waals surface area contributed by atoms with Crippen molar-refractivity contribution in [3.63, 3.8) is 0 Å². The van der Waals surface area contributed by atoms with Gasteiger partial charge in [-0.25, -0.2) is 13.1 Å². The summed E-state index contributed by atoms with van der Waals surface area (Å²) in [5, 5.41) is 9.14. The van der Waals surface area contributed by atoms with E-state index in [1.807, 2.05) is 13.8 Å². The normalized spacial score (nSPS) is 21.6. The van der Waals surface area contributed by atoms with Gasteiger partial charge in [-0.3, -0.25) is 4.79 Å². The number of sulfonamides is 1. The van der Waals surface area contributed by atoms with Gasteiger partial charge in [-0.15, -0.1) is 0 Å². The van der Waals surface area contributed by atoms with Gasteiger partial charge in [0.05, 0.1) is 6.26 Å². The van der Waals surface area contributed by atoms with Gasteiger partial charge in [-0.2, -0.15) is 0 Å². The number of aliphatic hydroxyl groups excluding tert-OH is 1. The number of carbonyl (C=O) groups is 1. The fourth-order valence-corrected chi connectivity index (χ4v) is 3.58. The lowest BCUT2D eigenvalue weighted by molar-refractivity contribution is -0.137. The first-order chi connectivity index (χ1) is 9.74. The number of aliphatic hydroxyl groups is 1. The van der Waals surface area contributed by atoms with Crippen molar-refractivity contribution in [1.82, 2.24) is 9.62 Å². The average molecular weight is 320 g/mol. The first-order valence-electron chi connectivity index (χ1n) is 7.63. The van der Waals surface area contributed by atoms with Crippen LogP contribution in [0.15, 0.2) is 0 Å². The van der Waals surface area contributed by atoms with Crippen molar-refractivity contribution in [2.45, 2.75) is 58.0 Å². The quantitative estimate of drug-likeness (QED) is 0.723. The molecule has 0 aromatic rings. The maximum absolute atomic E-state index is 12.7. The number of hydrogen-bond acceptors (Lipinski definition) is 4. The highest BCUT2D eigenvalue weighted by Crippen LogP contribution is 2.21. The monoisotopic (exact) mass is 320 g/mol. The summed E-state index contributed by atoms with van der Waals surface area (Å²) in [6.07, 6.45) is 4.96. The minimum atomic E-state index is -3.43. The zero-order chi connectivity index (χ0) is 16.0. The summed E-state index contributed by atoms with van der Waals surface area (Å²) < 4.78 is 25.5. The molecule has 1 rings (SSSR count). The zero-order valence-electron chi connectivity index (χ0n) is 13.2. The van der Waals surface area contributed by atoms with Gasteiger partial charge in [0.25, 0.3) is 0 Å². The van der Waals surface area contributed by atoms with Gasteiger partial charge < -0.3 is 10.0 Å². The summed E-state index contributed by atoms with van der Waals surface area (Å²) in [6, 6.07) is -0.688. The van der Waals surface area contributed by atoms with Crippen molar-refractivity contribution in [3.8, 4) is 0 Å². The Kier molecular flexibility index (Phi) is 7.09. The van der Waals surface area contributed by atoms with Crippen LogP contribution >= 0.6 is 0 Å². The molecule has 1 amide bonds. The van der Waals surface area contributed by atoms with Crippen molar-refractivity contribution in [2.75, 3.05) is 19.4 Å². The smallest absolute Gasteiger partial charge is 0.241 e. The molecule has 1 fully saturated rings. The average Bonchev–Trinajstić information content (AvgIpc) is 2.36. The van der Waals surface area contributed by atoms with Crippen molar-refractivity contribution in [3.05, 3.63) is 0 Å². The van der Waals surface area contributed by atoms with E-state index in [-0.39, 0.29) is 24.5 Å². The standard InChI is InChI=1S/C14H28N2O4S/c1-11(2)10-13(15-21(3,19)20)14(18)16-8-5-4-6-12(16)7-9-17/h11-13,15,17H,4-10H2,1-3H3. The SMILES string of the molecule is CC(C)CC(NS(C)(=O)=O)C(=O)N1CCCCC1CCO. The number of piperidine rings is 1. The number of nitrogens with zero attached hydrogens (tertiary/aromatic N) is 1. The highest BCUT2D eigenvalue weighted by Gasteiger charge is 2.32. The minimum absolute atomic E-state index is 0.0206. The van der Waals surface area contributed by atoms with E-state index in [0.717, 1.165) is 25.5 Å². The van der Waals surface area contributed by atoms with Gasteiger partial charge in [0.2, 0.25) is 15.9 Å². The molecule has 21 heavy (non-hydrogen) atoms. The third-order valence-corrected chi connectivity index (χ3v) is 4.45. The van der Waals surface area contributed by atoms with Crippen LogP contribution in [0.3, 0.4) is 0 Å². The van der Waals surface area contributed by atoms with Crippen LogP contribution in [0.25, 0.3) is 0 Å². The molecule has 0 radical (unpaired) electrons. The van der Waals surface area contributed by atoms with Crippen LogP contribution in [-0.4, -0.2) is 55.8 Å². The summed E-state index contributed by atoms with van der Waals surface area (Å²) in [4.78, 5) is 14.5. The number of hydrogen-bond donors (Lipinski definition) is 2. The Morgan fingerprint density at radius 1 is 1.38 bits per heavy atom. The van der Waals surface area contributed by atoms with Crippen LogP contribution in [0.4, 0.5) is 0 Å². The lowest BCUT2D eigenvalue weighted by Crippen LogP contribution is -2.53. The summed E-state index contributed by atoms with van der Waals surface area (Å²) in [5.41, 5.74) is 0. The van der Waals surface area contributed by atoms with E-state index in [9.17, 15) is 13.2 Å². The molecule has 2 atom stereocenters. The molecule has 1 saturated heterocycles. The Morgan fingerprint density at radius 2 is 2.05 bits per heavy atom. The van der Waals surface area contributed by atoms with Crippen LogP contribution in [-0.2, 0) is 14.8 Å². The van der Waals surface area contributed by atoms with Gasteiger partial charge in [-0.05, 0) is 38.0 Å². The molecule has 0 aromatic carbocycles. The molecule has 0 aromatic heterocycles. The lowest BCUT2D eigenvalue weighted by Gasteiger charge is -2.38. The predicted molar refractivity (Wildman–Crippen MR) is 82.3 cm³/mol. The molecular formula is C14H28N2O4S. The number of likely N-dealkylation sites (tertiary alicyclic amines) is 1. The van der Waals surface area contributed by atoms with E-state index in [0.29, 0.717) is 19.4 Å². The molecule has 1 aliphatic rings. The van der Waals surface area contributed by atoms with E-state index in [1.54, 1.807) is 4.90 Å². The van der Waals surface area contributed by atoms with E-state index < -0.39 is 16.1 Å². The van der Waals surface area contributed by atoms with Crippen molar-refractivity contribution in [2.24, 2.45) is 5.92 Å². The maximum Gasteiger partial charge on any atom is 0.241 e. The Labute approximate surface area is 128 Å². The van der Waals surface area contributed by atoms with Crippen molar-refractivity contribution >= 4 is 15.9 Å². The lowest BCUT2D eigenvalue weighted by atomic mass is 9.96. The summed E-state index contributed by atoms with van der Waals surface area (Å²) in [7, 11) is -3.43. The van der Waals surface area contributed by atoms with E-state index in [4.69, 9.17) is 5.11 Å². The van der Waals surface area contributed by atoms with Crippen LogP contribution < -0.4 is 4.72 Å². The molecule has 2 unspecified atom stereocenters. The van der Waals surface area contributed by atoms with Crippen LogP contribution in [0, 0.1) is 5.92 Å². The molecule has 1 aliphatic heterocycles. The highest BCUT2D eigenvalue weighted by molar-refractivity contribution is 7.88. The molecule has 0 bridgehead atoms. The second-order valence-corrected chi connectivity index (χ2v) is 8.05. The molecule has 7 heteroatoms. The van der Waals surface area contributed by atoms with Gasteiger partial charge in [0.1, 0.15) is 6.04 Å². The van der Waals surface area contributed by atoms with Crippen LogP contribution in [0.2, 0.25) is 0 Å². The Bertz CT molecular complexity index is 434. The van der Waals surface area contributed by atoms with E-state index >= 15 is 0 Å². The Morgan fingerprint density at radius 3 is 2.57 bits per heavy atom. The molecule has 124 valence electrons. The maximum atomic E-state index is 12.7. The number of amides is 1. The second-order valence-electron chi connectivity index (χ2n) is 6.27. The summed E-state index contributed by atoms with van der Waals surface area (Å²) in [5.74, 6) is 0.0570. The summed E-state index contributed by atoms with van der Waals surface area (Å²) >= 11 is 0. The largest absolute Gasteiger partial charge is 0.396 e. The third kappa shape index (κ3) is 6.32. The van der Waals surface area contributed by atoms with Crippen LogP contribution in [0.1, 0.15) is 46.0 Å². The Hall–Kier alpha value is -0.660. The number of nitrogens with one attached hydrogen (secondary N) is 1. The molecule has 0 aliphatic carbocycles. The molecule has 6 nitrogen and oxygen atoms in total. The van der Waals surface area contributed by atoms with Crippen molar-refractivity contribution in [1.29, 1.82) is 0 Å². The first kappa shape index (κ1) is 18.4. The van der Waals surface area contributed by atoms with Crippen molar-refractivity contribution < 1.29 is 18.3 Å². The molecule has 2 N–H and O–H groups in total. The van der Waals surface area contributed by atoms with Gasteiger partial charge in [0, 0.05) is 19.2 Å². The third-order valence-electron chi connectivity index (χ3n) is 3.73. The van der Waals surface area contributed by atoms with E-state index in [1.165, 1.54) is 0 Å². The number of carbonyl (C=O) groups excluding carboxylic acids is 1. The first-order valence-corrected chi connectivity index (χ1v) is 9.52.